The normalized spacial score (nSPS) is 11.4. The summed E-state index contributed by atoms with van der Waals surface area (Å²) < 4.78 is 34.8. The second kappa shape index (κ2) is 5.95. The molecule has 0 spiro atoms. The zero-order valence-electron chi connectivity index (χ0n) is 9.91. The zero-order valence-corrected chi connectivity index (χ0v) is 12.4. The van der Waals surface area contributed by atoms with Gasteiger partial charge in [-0.2, -0.15) is 0 Å². The molecular formula is C11H15NO4SSe. The van der Waals surface area contributed by atoms with Gasteiger partial charge in [-0.05, 0) is 0 Å². The fraction of sp³-hybridized carbons (Fsp3) is 0.364. The van der Waals surface area contributed by atoms with Crippen molar-refractivity contribution in [3.05, 3.63) is 28.8 Å². The van der Waals surface area contributed by atoms with E-state index in [1.807, 2.05) is 12.1 Å². The Kier molecular flexibility index (Phi) is 5.07. The topological polar surface area (TPSA) is 88.2 Å². The number of para-hydroxylation sites is 1. The predicted molar refractivity (Wildman–Crippen MR) is 68.8 cm³/mol. The first-order valence-corrected chi connectivity index (χ1v) is 8.63. The quantitative estimate of drug-likeness (QED) is 0.503. The average Bonchev–Trinajstić information content (AvgIpc) is 2.54. The van der Waals surface area contributed by atoms with Crippen LogP contribution in [0.3, 0.4) is 0 Å². The van der Waals surface area contributed by atoms with Gasteiger partial charge in [0.05, 0.1) is 0 Å². The Morgan fingerprint density at radius 3 is 2.67 bits per heavy atom. The Morgan fingerprint density at radius 2 is 2.00 bits per heavy atom. The van der Waals surface area contributed by atoms with Crippen molar-refractivity contribution in [1.82, 2.24) is 0 Å². The first kappa shape index (κ1) is 15.3. The van der Waals surface area contributed by atoms with Crippen LogP contribution in [0.1, 0.15) is 11.0 Å². The molecule has 100 valence electrons. The van der Waals surface area contributed by atoms with E-state index in [0.717, 1.165) is 0 Å². The Bertz CT molecular complexity index is 636. The molecule has 0 saturated heterocycles. The van der Waals surface area contributed by atoms with E-state index >= 15 is 0 Å². The number of nitrogens with zero attached hydrogens (tertiary/aromatic N) is 1. The second-order valence-electron chi connectivity index (χ2n) is 3.88. The van der Waals surface area contributed by atoms with Gasteiger partial charge in [0.15, 0.2) is 0 Å². The fourth-order valence-electron chi connectivity index (χ4n) is 1.83. The van der Waals surface area contributed by atoms with Gasteiger partial charge in [0.2, 0.25) is 0 Å². The molecule has 0 radical (unpaired) electrons. The Morgan fingerprint density at radius 1 is 1.33 bits per heavy atom. The number of hydrogen-bond donors (Lipinski definition) is 1. The molecule has 0 aliphatic rings. The molecule has 0 atom stereocenters. The molecule has 1 aromatic carbocycles. The molecule has 0 saturated carbocycles. The van der Waals surface area contributed by atoms with E-state index in [1.54, 1.807) is 0 Å². The first-order valence-electron chi connectivity index (χ1n) is 5.30. The largest absolute Gasteiger partial charge is 0.870 e. The van der Waals surface area contributed by atoms with Gasteiger partial charge < -0.3 is 5.48 Å². The van der Waals surface area contributed by atoms with Crippen LogP contribution in [-0.2, 0) is 16.7 Å². The van der Waals surface area contributed by atoms with Gasteiger partial charge in [-0.3, -0.25) is 0 Å². The second-order valence-corrected chi connectivity index (χ2v) is 8.04. The number of rotatable bonds is 4. The summed E-state index contributed by atoms with van der Waals surface area (Å²) in [4.78, 5) is 0. The summed E-state index contributed by atoms with van der Waals surface area (Å²) in [7, 11) is -3.84. The predicted octanol–water partition coefficient (Wildman–Crippen LogP) is 0.594. The summed E-state index contributed by atoms with van der Waals surface area (Å²) in [6.45, 7) is 2.72. The molecule has 1 aromatic heterocycles. The van der Waals surface area contributed by atoms with E-state index in [4.69, 9.17) is 4.55 Å². The molecular weight excluding hydrogens is 321 g/mol. The monoisotopic (exact) mass is 337 g/mol. The van der Waals surface area contributed by atoms with Gasteiger partial charge in [0.1, 0.15) is 0 Å². The minimum Gasteiger partial charge on any atom is -0.870 e. The van der Waals surface area contributed by atoms with E-state index in [0.29, 0.717) is 27.5 Å². The maximum Gasteiger partial charge on any atom is -0.870 e. The van der Waals surface area contributed by atoms with Crippen LogP contribution in [0.15, 0.2) is 24.3 Å². The van der Waals surface area contributed by atoms with Crippen LogP contribution in [0, 0.1) is 6.92 Å². The molecule has 5 nitrogen and oxygen atoms in total. The number of benzene rings is 1. The molecule has 0 unspecified atom stereocenters. The van der Waals surface area contributed by atoms with Crippen LogP contribution in [0.25, 0.3) is 9.78 Å². The van der Waals surface area contributed by atoms with Gasteiger partial charge in [0, 0.05) is 0 Å². The van der Waals surface area contributed by atoms with E-state index < -0.39 is 10.1 Å². The van der Waals surface area contributed by atoms with E-state index in [2.05, 4.69) is 23.6 Å². The molecule has 7 heteroatoms. The van der Waals surface area contributed by atoms with E-state index in [1.165, 1.54) is 14.3 Å². The van der Waals surface area contributed by atoms with Crippen LogP contribution >= 0.6 is 0 Å². The molecule has 0 aliphatic carbocycles. The zero-order chi connectivity index (χ0) is 12.5. The van der Waals surface area contributed by atoms with Gasteiger partial charge in [-0.1, -0.05) is 0 Å². The maximum absolute atomic E-state index is 10.7. The first-order chi connectivity index (χ1) is 7.97. The maximum atomic E-state index is 10.7. The minimum atomic E-state index is -3.84. The van der Waals surface area contributed by atoms with Crippen molar-refractivity contribution < 1.29 is 23.0 Å². The Balaban J connectivity index is 0.00000162. The van der Waals surface area contributed by atoms with Crippen molar-refractivity contribution >= 4 is 34.4 Å². The van der Waals surface area contributed by atoms with Crippen LogP contribution in [0.5, 0.6) is 0 Å². The fourth-order valence-corrected chi connectivity index (χ4v) is 4.52. The van der Waals surface area contributed by atoms with Gasteiger partial charge in [-0.25, -0.2) is 0 Å². The molecule has 18 heavy (non-hydrogen) atoms. The summed E-state index contributed by atoms with van der Waals surface area (Å²) in [5.41, 5.74) is 1.18. The van der Waals surface area contributed by atoms with Gasteiger partial charge >= 0.3 is 106 Å². The number of hydrogen-bond acceptors (Lipinski definition) is 3. The Hall–Kier alpha value is -0.721. The van der Waals surface area contributed by atoms with Crippen LogP contribution in [0.2, 0.25) is 0 Å². The number of fused-ring (bicyclic) bond motifs is 1. The van der Waals surface area contributed by atoms with Crippen molar-refractivity contribution in [3.63, 3.8) is 0 Å². The third-order valence-electron chi connectivity index (χ3n) is 2.58. The van der Waals surface area contributed by atoms with Crippen LogP contribution < -0.4 is 4.57 Å². The van der Waals surface area contributed by atoms with E-state index in [9.17, 15) is 8.42 Å². The molecule has 0 bridgehead atoms. The molecule has 0 aliphatic heterocycles. The summed E-state index contributed by atoms with van der Waals surface area (Å²) in [6, 6.07) is 8.18. The molecule has 0 amide bonds. The van der Waals surface area contributed by atoms with Crippen molar-refractivity contribution in [1.29, 1.82) is 0 Å². The summed E-state index contributed by atoms with van der Waals surface area (Å²) in [5, 5.41) is 0. The standard InChI is InChI=1S/C11H13NO3SSe.H2O/c1-9-12(7-4-8-16(13,14)15)10-5-2-3-6-11(10)17-9;/h2-3,5-6H,4,7-8H2,1H3;1H2. The molecule has 0 fully saturated rings. The molecule has 1 heterocycles. The van der Waals surface area contributed by atoms with Crippen molar-refractivity contribution in [2.75, 3.05) is 5.75 Å². The van der Waals surface area contributed by atoms with Crippen molar-refractivity contribution in [2.45, 2.75) is 19.9 Å². The van der Waals surface area contributed by atoms with Crippen molar-refractivity contribution in [3.8, 4) is 0 Å². The van der Waals surface area contributed by atoms with Gasteiger partial charge in [-0.15, -0.1) is 0 Å². The molecule has 2 N–H and O–H groups in total. The smallest absolute Gasteiger partial charge is 0.870 e. The Labute approximate surface area is 112 Å². The third kappa shape index (κ3) is 3.63. The van der Waals surface area contributed by atoms with Crippen molar-refractivity contribution in [2.24, 2.45) is 0 Å². The van der Waals surface area contributed by atoms with Gasteiger partial charge in [0.25, 0.3) is 0 Å². The summed E-state index contributed by atoms with van der Waals surface area (Å²) in [6.07, 6.45) is 0.445. The number of aryl methyl sites for hydroxylation is 2. The van der Waals surface area contributed by atoms with E-state index in [-0.39, 0.29) is 11.2 Å². The van der Waals surface area contributed by atoms with Crippen LogP contribution in [0.4, 0.5) is 0 Å². The summed E-state index contributed by atoms with van der Waals surface area (Å²) in [5.74, 6) is -0.175. The summed E-state index contributed by atoms with van der Waals surface area (Å²) >= 11 is 0.342. The van der Waals surface area contributed by atoms with Crippen LogP contribution in [-0.4, -0.2) is 38.7 Å². The SMILES string of the molecule is Cc1[se]c2ccccc2[n+]1CCCS(=O)(=O)O.[OH-]. The molecule has 2 aromatic rings. The molecule has 2 rings (SSSR count). The minimum absolute atomic E-state index is 0. The number of aromatic nitrogens is 1. The average molecular weight is 336 g/mol. The third-order valence-corrected chi connectivity index (χ3v) is 5.65.